The van der Waals surface area contributed by atoms with E-state index >= 15 is 0 Å². The summed E-state index contributed by atoms with van der Waals surface area (Å²) in [5.41, 5.74) is 0.612. The molecule has 2 heterocycles. The van der Waals surface area contributed by atoms with Gasteiger partial charge in [0.2, 0.25) is 6.79 Å². The molecule has 1 aromatic carbocycles. The average Bonchev–Trinajstić information content (AvgIpc) is 2.83. The summed E-state index contributed by atoms with van der Waals surface area (Å²) >= 11 is 11.8. The SMILES string of the molecule is Cc1c(Cl)nc(Oc2ccc3c(c2)OCO3)nc1Cl. The van der Waals surface area contributed by atoms with Crippen LogP contribution in [0.1, 0.15) is 5.56 Å². The number of benzene rings is 1. The second-order valence-corrected chi connectivity index (χ2v) is 4.55. The van der Waals surface area contributed by atoms with Crippen molar-refractivity contribution < 1.29 is 14.2 Å². The zero-order chi connectivity index (χ0) is 13.4. The highest BCUT2D eigenvalue weighted by Crippen LogP contribution is 2.36. The van der Waals surface area contributed by atoms with Crippen LogP contribution in [0.5, 0.6) is 23.3 Å². The van der Waals surface area contributed by atoms with Crippen molar-refractivity contribution in [1.82, 2.24) is 9.97 Å². The molecule has 2 aromatic rings. The van der Waals surface area contributed by atoms with Crippen LogP contribution in [0, 0.1) is 6.92 Å². The van der Waals surface area contributed by atoms with Gasteiger partial charge in [-0.2, -0.15) is 9.97 Å². The van der Waals surface area contributed by atoms with E-state index in [4.69, 9.17) is 37.4 Å². The van der Waals surface area contributed by atoms with Crippen LogP contribution < -0.4 is 14.2 Å². The molecular weight excluding hydrogens is 291 g/mol. The summed E-state index contributed by atoms with van der Waals surface area (Å²) in [5.74, 6) is 1.80. The van der Waals surface area contributed by atoms with Gasteiger partial charge in [0.05, 0.1) is 0 Å². The molecule has 0 spiro atoms. The highest BCUT2D eigenvalue weighted by Gasteiger charge is 2.15. The lowest BCUT2D eigenvalue weighted by molar-refractivity contribution is 0.174. The van der Waals surface area contributed by atoms with Gasteiger partial charge in [0.15, 0.2) is 11.5 Å². The lowest BCUT2D eigenvalue weighted by Crippen LogP contribution is -1.95. The Morgan fingerprint density at radius 1 is 1.11 bits per heavy atom. The van der Waals surface area contributed by atoms with Crippen molar-refractivity contribution in [3.8, 4) is 23.3 Å². The molecule has 1 aliphatic heterocycles. The summed E-state index contributed by atoms with van der Waals surface area (Å²) in [6.45, 7) is 1.94. The predicted molar refractivity (Wildman–Crippen MR) is 69.4 cm³/mol. The molecule has 19 heavy (non-hydrogen) atoms. The molecule has 7 heteroatoms. The topological polar surface area (TPSA) is 53.5 Å². The summed E-state index contributed by atoms with van der Waals surface area (Å²) in [4.78, 5) is 8.00. The van der Waals surface area contributed by atoms with Gasteiger partial charge in [-0.25, -0.2) is 0 Å². The van der Waals surface area contributed by atoms with E-state index in [0.29, 0.717) is 22.8 Å². The van der Waals surface area contributed by atoms with Gasteiger partial charge in [-0.3, -0.25) is 0 Å². The first-order valence-electron chi connectivity index (χ1n) is 5.40. The van der Waals surface area contributed by atoms with E-state index in [1.165, 1.54) is 0 Å². The average molecular weight is 299 g/mol. The van der Waals surface area contributed by atoms with Crippen LogP contribution in [0.2, 0.25) is 10.3 Å². The monoisotopic (exact) mass is 298 g/mol. The molecule has 5 nitrogen and oxygen atoms in total. The fraction of sp³-hybridized carbons (Fsp3) is 0.167. The summed E-state index contributed by atoms with van der Waals surface area (Å²) in [6.07, 6.45) is 0. The maximum absolute atomic E-state index is 5.92. The summed E-state index contributed by atoms with van der Waals surface area (Å²) in [7, 11) is 0. The third-order valence-corrected chi connectivity index (χ3v) is 3.30. The van der Waals surface area contributed by atoms with E-state index in [-0.39, 0.29) is 23.1 Å². The Kier molecular flexibility index (Phi) is 3.08. The van der Waals surface area contributed by atoms with Crippen LogP contribution in [-0.4, -0.2) is 16.8 Å². The fourth-order valence-electron chi connectivity index (χ4n) is 1.54. The minimum absolute atomic E-state index is 0.0828. The van der Waals surface area contributed by atoms with Crippen LogP contribution in [0.25, 0.3) is 0 Å². The predicted octanol–water partition coefficient (Wildman–Crippen LogP) is 3.61. The number of aromatic nitrogens is 2. The minimum atomic E-state index is 0.0828. The summed E-state index contributed by atoms with van der Waals surface area (Å²) in [5, 5.41) is 0.520. The number of rotatable bonds is 2. The summed E-state index contributed by atoms with van der Waals surface area (Å²) in [6, 6.07) is 5.24. The molecule has 0 fully saturated rings. The molecule has 3 rings (SSSR count). The van der Waals surface area contributed by atoms with Gasteiger partial charge in [-0.15, -0.1) is 0 Å². The lowest BCUT2D eigenvalue weighted by Gasteiger charge is -2.06. The highest BCUT2D eigenvalue weighted by molar-refractivity contribution is 6.34. The molecule has 0 radical (unpaired) electrons. The first-order chi connectivity index (χ1) is 9.13. The van der Waals surface area contributed by atoms with E-state index in [1.807, 2.05) is 0 Å². The fourth-order valence-corrected chi connectivity index (χ4v) is 1.91. The molecule has 1 aliphatic rings. The first kappa shape index (κ1) is 12.3. The molecule has 1 aromatic heterocycles. The Labute approximate surface area is 119 Å². The van der Waals surface area contributed by atoms with Crippen LogP contribution in [-0.2, 0) is 0 Å². The Hall–Kier alpha value is -1.72. The number of halogens is 2. The van der Waals surface area contributed by atoms with Gasteiger partial charge in [-0.05, 0) is 19.1 Å². The van der Waals surface area contributed by atoms with Gasteiger partial charge in [0.1, 0.15) is 16.1 Å². The molecule has 0 saturated heterocycles. The van der Waals surface area contributed by atoms with Crippen LogP contribution in [0.3, 0.4) is 0 Å². The molecular formula is C12H8Cl2N2O3. The van der Waals surface area contributed by atoms with Crippen molar-refractivity contribution in [2.24, 2.45) is 0 Å². The van der Waals surface area contributed by atoms with Crippen LogP contribution in [0.4, 0.5) is 0 Å². The third-order valence-electron chi connectivity index (χ3n) is 2.56. The summed E-state index contributed by atoms with van der Waals surface area (Å²) < 4.78 is 15.9. The molecule has 0 atom stereocenters. The van der Waals surface area contributed by atoms with Crippen molar-refractivity contribution in [3.05, 3.63) is 34.1 Å². The Balaban J connectivity index is 1.89. The molecule has 0 N–H and O–H groups in total. The molecule has 0 aliphatic carbocycles. The number of hydrogen-bond donors (Lipinski definition) is 0. The van der Waals surface area contributed by atoms with E-state index < -0.39 is 0 Å². The van der Waals surface area contributed by atoms with E-state index in [0.717, 1.165) is 0 Å². The normalized spacial score (nSPS) is 12.6. The standard InChI is InChI=1S/C12H8Cl2N2O3/c1-6-10(13)15-12(16-11(6)14)19-7-2-3-8-9(4-7)18-5-17-8/h2-4H,5H2,1H3. The minimum Gasteiger partial charge on any atom is -0.454 e. The van der Waals surface area contributed by atoms with E-state index in [9.17, 15) is 0 Å². The van der Waals surface area contributed by atoms with Crippen LogP contribution >= 0.6 is 23.2 Å². The van der Waals surface area contributed by atoms with Crippen molar-refractivity contribution >= 4 is 23.2 Å². The zero-order valence-electron chi connectivity index (χ0n) is 9.81. The molecule has 0 amide bonds. The Morgan fingerprint density at radius 3 is 2.53 bits per heavy atom. The third kappa shape index (κ3) is 2.39. The maximum Gasteiger partial charge on any atom is 0.324 e. The number of hydrogen-bond acceptors (Lipinski definition) is 5. The lowest BCUT2D eigenvalue weighted by atomic mass is 10.3. The second-order valence-electron chi connectivity index (χ2n) is 3.83. The Bertz CT molecular complexity index is 626. The highest BCUT2D eigenvalue weighted by atomic mass is 35.5. The van der Waals surface area contributed by atoms with Gasteiger partial charge in [0, 0.05) is 11.6 Å². The van der Waals surface area contributed by atoms with Crippen LogP contribution in [0.15, 0.2) is 18.2 Å². The Morgan fingerprint density at radius 2 is 1.79 bits per heavy atom. The number of nitrogens with zero attached hydrogens (tertiary/aromatic N) is 2. The largest absolute Gasteiger partial charge is 0.454 e. The van der Waals surface area contributed by atoms with Crippen molar-refractivity contribution in [3.63, 3.8) is 0 Å². The van der Waals surface area contributed by atoms with E-state index in [1.54, 1.807) is 25.1 Å². The molecule has 0 unspecified atom stereocenters. The number of ether oxygens (including phenoxy) is 3. The second kappa shape index (κ2) is 4.75. The van der Waals surface area contributed by atoms with Crippen molar-refractivity contribution in [2.75, 3.05) is 6.79 Å². The van der Waals surface area contributed by atoms with Gasteiger partial charge >= 0.3 is 6.01 Å². The van der Waals surface area contributed by atoms with Crippen molar-refractivity contribution in [2.45, 2.75) is 6.92 Å². The molecule has 98 valence electrons. The maximum atomic E-state index is 5.92. The van der Waals surface area contributed by atoms with Gasteiger partial charge < -0.3 is 14.2 Å². The van der Waals surface area contributed by atoms with Gasteiger partial charge in [-0.1, -0.05) is 23.2 Å². The smallest absolute Gasteiger partial charge is 0.324 e. The van der Waals surface area contributed by atoms with Crippen molar-refractivity contribution in [1.29, 1.82) is 0 Å². The van der Waals surface area contributed by atoms with E-state index in [2.05, 4.69) is 9.97 Å². The first-order valence-corrected chi connectivity index (χ1v) is 6.16. The number of fused-ring (bicyclic) bond motifs is 1. The zero-order valence-corrected chi connectivity index (χ0v) is 11.3. The quantitative estimate of drug-likeness (QED) is 0.793. The van der Waals surface area contributed by atoms with Gasteiger partial charge in [0.25, 0.3) is 0 Å². The molecule has 0 saturated carbocycles. The molecule has 0 bridgehead atoms.